The van der Waals surface area contributed by atoms with Crippen molar-refractivity contribution >= 4 is 21.4 Å². The number of hydrogen-bond donors (Lipinski definition) is 4. The van der Waals surface area contributed by atoms with Crippen LogP contribution in [-0.4, -0.2) is 33.2 Å². The number of anilines is 2. The molecule has 108 valence electrons. The van der Waals surface area contributed by atoms with Crippen LogP contribution in [-0.2, 0) is 10.0 Å². The van der Waals surface area contributed by atoms with Crippen molar-refractivity contribution in [2.75, 3.05) is 24.6 Å². The quantitative estimate of drug-likeness (QED) is 0.574. The van der Waals surface area contributed by atoms with Crippen LogP contribution in [0.25, 0.3) is 0 Å². The number of nitrogen functional groups attached to an aromatic ring is 1. The van der Waals surface area contributed by atoms with Crippen molar-refractivity contribution < 1.29 is 13.5 Å². The van der Waals surface area contributed by atoms with Crippen LogP contribution in [0.3, 0.4) is 0 Å². The number of benzene rings is 1. The third-order valence-corrected chi connectivity index (χ3v) is 4.29. The Morgan fingerprint density at radius 2 is 2.00 bits per heavy atom. The van der Waals surface area contributed by atoms with E-state index in [1.165, 1.54) is 25.2 Å². The van der Waals surface area contributed by atoms with Crippen molar-refractivity contribution in [2.24, 2.45) is 5.92 Å². The summed E-state index contributed by atoms with van der Waals surface area (Å²) in [7, 11) is -2.15. The number of rotatable bonds is 6. The van der Waals surface area contributed by atoms with E-state index in [-0.39, 0.29) is 10.8 Å². The van der Waals surface area contributed by atoms with Gasteiger partial charge in [0.1, 0.15) is 0 Å². The molecule has 1 atom stereocenters. The van der Waals surface area contributed by atoms with E-state index in [0.717, 1.165) is 0 Å². The van der Waals surface area contributed by atoms with Crippen molar-refractivity contribution in [3.05, 3.63) is 18.2 Å². The fraction of sp³-hybridized carbons (Fsp3) is 0.500. The second-order valence-corrected chi connectivity index (χ2v) is 6.54. The number of nitrogens with one attached hydrogen (secondary N) is 2. The average Bonchev–Trinajstić information content (AvgIpc) is 2.36. The Kier molecular flexibility index (Phi) is 5.16. The number of sulfonamides is 1. The van der Waals surface area contributed by atoms with Gasteiger partial charge in [-0.1, -0.05) is 13.8 Å². The van der Waals surface area contributed by atoms with E-state index in [1.54, 1.807) is 0 Å². The van der Waals surface area contributed by atoms with Gasteiger partial charge in [0.05, 0.1) is 22.4 Å². The fourth-order valence-corrected chi connectivity index (χ4v) is 2.18. The maximum Gasteiger partial charge on any atom is 0.240 e. The highest BCUT2D eigenvalue weighted by Gasteiger charge is 2.14. The molecule has 1 aromatic carbocycles. The smallest absolute Gasteiger partial charge is 0.240 e. The summed E-state index contributed by atoms with van der Waals surface area (Å²) in [5, 5.41) is 12.7. The first-order valence-electron chi connectivity index (χ1n) is 6.03. The van der Waals surface area contributed by atoms with Crippen molar-refractivity contribution in [2.45, 2.75) is 24.8 Å². The van der Waals surface area contributed by atoms with Crippen molar-refractivity contribution in [3.63, 3.8) is 0 Å². The fourth-order valence-electron chi connectivity index (χ4n) is 1.42. The minimum atomic E-state index is -3.50. The molecule has 0 fully saturated rings. The minimum Gasteiger partial charge on any atom is -0.397 e. The zero-order chi connectivity index (χ0) is 14.6. The molecule has 5 N–H and O–H groups in total. The Hall–Kier alpha value is -1.31. The normalized spacial score (nSPS) is 13.5. The van der Waals surface area contributed by atoms with E-state index in [9.17, 15) is 13.5 Å². The van der Waals surface area contributed by atoms with Gasteiger partial charge in [0.15, 0.2) is 0 Å². The highest BCUT2D eigenvalue weighted by Crippen LogP contribution is 2.22. The lowest BCUT2D eigenvalue weighted by Crippen LogP contribution is -2.25. The summed E-state index contributed by atoms with van der Waals surface area (Å²) in [5.41, 5.74) is 6.71. The first-order valence-corrected chi connectivity index (χ1v) is 7.51. The lowest BCUT2D eigenvalue weighted by molar-refractivity contribution is 0.138. The maximum atomic E-state index is 11.7. The molecule has 0 aliphatic heterocycles. The van der Waals surface area contributed by atoms with Crippen molar-refractivity contribution in [1.82, 2.24) is 4.72 Å². The van der Waals surface area contributed by atoms with Gasteiger partial charge in [0.2, 0.25) is 10.0 Å². The molecular weight excluding hydrogens is 266 g/mol. The summed E-state index contributed by atoms with van der Waals surface area (Å²) in [5.74, 6) is 0.109. The molecule has 0 radical (unpaired) electrons. The average molecular weight is 287 g/mol. The Morgan fingerprint density at radius 1 is 1.37 bits per heavy atom. The van der Waals surface area contributed by atoms with E-state index >= 15 is 0 Å². The van der Waals surface area contributed by atoms with Gasteiger partial charge in [-0.25, -0.2) is 13.1 Å². The molecule has 0 saturated heterocycles. The molecule has 0 aliphatic carbocycles. The third kappa shape index (κ3) is 4.09. The topological polar surface area (TPSA) is 104 Å². The van der Waals surface area contributed by atoms with Gasteiger partial charge in [0.25, 0.3) is 0 Å². The van der Waals surface area contributed by atoms with E-state index in [4.69, 9.17) is 5.73 Å². The van der Waals surface area contributed by atoms with Gasteiger partial charge >= 0.3 is 0 Å². The van der Waals surface area contributed by atoms with Crippen LogP contribution >= 0.6 is 0 Å². The van der Waals surface area contributed by atoms with Gasteiger partial charge in [-0.15, -0.1) is 0 Å². The van der Waals surface area contributed by atoms with Gasteiger partial charge in [-0.05, 0) is 31.2 Å². The molecule has 1 unspecified atom stereocenters. The largest absolute Gasteiger partial charge is 0.397 e. The second kappa shape index (κ2) is 6.23. The molecule has 19 heavy (non-hydrogen) atoms. The second-order valence-electron chi connectivity index (χ2n) is 4.65. The third-order valence-electron chi connectivity index (χ3n) is 2.87. The van der Waals surface area contributed by atoms with Gasteiger partial charge < -0.3 is 16.2 Å². The zero-order valence-corrected chi connectivity index (χ0v) is 12.2. The number of nitrogens with two attached hydrogens (primary N) is 1. The first kappa shape index (κ1) is 15.7. The highest BCUT2D eigenvalue weighted by molar-refractivity contribution is 7.89. The van der Waals surface area contributed by atoms with Gasteiger partial charge in [-0.3, -0.25) is 0 Å². The molecule has 0 amide bonds. The van der Waals surface area contributed by atoms with E-state index in [1.807, 2.05) is 13.8 Å². The Balaban J connectivity index is 2.93. The predicted octanol–water partition coefficient (Wildman–Crippen LogP) is 0.606. The molecule has 0 bridgehead atoms. The van der Waals surface area contributed by atoms with Gasteiger partial charge in [0, 0.05) is 6.54 Å². The molecule has 0 saturated carbocycles. The monoisotopic (exact) mass is 287 g/mol. The lowest BCUT2D eigenvalue weighted by Gasteiger charge is -2.17. The maximum absolute atomic E-state index is 11.7. The standard InChI is InChI=1S/C12H21N3O3S/c1-8(2)12(16)7-15-11-6-9(4-5-10(11)13)19(17,18)14-3/h4-6,8,12,14-16H,7,13H2,1-3H3. The van der Waals surface area contributed by atoms with Crippen LogP contribution in [0.2, 0.25) is 0 Å². The summed E-state index contributed by atoms with van der Waals surface area (Å²) < 4.78 is 25.6. The number of hydrogen-bond acceptors (Lipinski definition) is 5. The molecule has 7 heteroatoms. The summed E-state index contributed by atoms with van der Waals surface area (Å²) in [6.45, 7) is 4.11. The van der Waals surface area contributed by atoms with E-state index in [0.29, 0.717) is 17.9 Å². The molecule has 0 heterocycles. The molecule has 1 rings (SSSR count). The molecule has 0 aromatic heterocycles. The molecule has 6 nitrogen and oxygen atoms in total. The van der Waals surface area contributed by atoms with Gasteiger partial charge in [-0.2, -0.15) is 0 Å². The Morgan fingerprint density at radius 3 is 2.53 bits per heavy atom. The van der Waals surface area contributed by atoms with Crippen LogP contribution in [0.1, 0.15) is 13.8 Å². The van der Waals surface area contributed by atoms with E-state index in [2.05, 4.69) is 10.0 Å². The first-order chi connectivity index (χ1) is 8.77. The summed E-state index contributed by atoms with van der Waals surface area (Å²) in [4.78, 5) is 0.130. The SMILES string of the molecule is CNS(=O)(=O)c1ccc(N)c(NCC(O)C(C)C)c1. The molecule has 0 aliphatic rings. The minimum absolute atomic E-state index is 0.109. The van der Waals surface area contributed by atoms with Crippen LogP contribution in [0.15, 0.2) is 23.1 Å². The van der Waals surface area contributed by atoms with Crippen molar-refractivity contribution in [1.29, 1.82) is 0 Å². The summed E-state index contributed by atoms with van der Waals surface area (Å²) >= 11 is 0. The van der Waals surface area contributed by atoms with E-state index < -0.39 is 16.1 Å². The number of aliphatic hydroxyl groups is 1. The van der Waals surface area contributed by atoms with Crippen molar-refractivity contribution in [3.8, 4) is 0 Å². The summed E-state index contributed by atoms with van der Waals surface area (Å²) in [6.07, 6.45) is -0.524. The number of aliphatic hydroxyl groups excluding tert-OH is 1. The lowest BCUT2D eigenvalue weighted by atomic mass is 10.1. The molecule has 0 spiro atoms. The van der Waals surface area contributed by atoms with Crippen LogP contribution < -0.4 is 15.8 Å². The Bertz CT molecular complexity index is 529. The molecular formula is C12H21N3O3S. The highest BCUT2D eigenvalue weighted by atomic mass is 32.2. The molecule has 1 aromatic rings. The predicted molar refractivity (Wildman–Crippen MR) is 76.4 cm³/mol. The Labute approximate surface area is 114 Å². The van der Waals surface area contributed by atoms with Crippen LogP contribution in [0, 0.1) is 5.92 Å². The summed E-state index contributed by atoms with van der Waals surface area (Å²) in [6, 6.07) is 4.41. The van der Waals surface area contributed by atoms with Crippen LogP contribution in [0.5, 0.6) is 0 Å². The zero-order valence-electron chi connectivity index (χ0n) is 11.3. The van der Waals surface area contributed by atoms with Crippen LogP contribution in [0.4, 0.5) is 11.4 Å².